The zero-order valence-electron chi connectivity index (χ0n) is 13.3. The van der Waals surface area contributed by atoms with Gasteiger partial charge in [-0.1, -0.05) is 24.3 Å². The number of esters is 1. The highest BCUT2D eigenvalue weighted by Gasteiger charge is 2.21. The van der Waals surface area contributed by atoms with Crippen LogP contribution in [0.15, 0.2) is 48.5 Å². The number of hydrogen-bond acceptors (Lipinski definition) is 5. The molecular formula is C18H16N2O4. The largest absolute Gasteiger partial charge is 0.496 e. The summed E-state index contributed by atoms with van der Waals surface area (Å²) in [6.07, 6.45) is -1.03. The Labute approximate surface area is 139 Å². The van der Waals surface area contributed by atoms with Gasteiger partial charge < -0.3 is 14.8 Å². The van der Waals surface area contributed by atoms with Crippen LogP contribution < -0.4 is 10.1 Å². The molecule has 1 amide bonds. The topological polar surface area (TPSA) is 88.4 Å². The molecular weight excluding hydrogens is 308 g/mol. The Hall–Kier alpha value is -3.33. The molecule has 24 heavy (non-hydrogen) atoms. The smallest absolute Gasteiger partial charge is 0.342 e. The van der Waals surface area contributed by atoms with Crippen molar-refractivity contribution in [3.8, 4) is 11.8 Å². The fourth-order valence-electron chi connectivity index (χ4n) is 2.01. The molecule has 6 heteroatoms. The summed E-state index contributed by atoms with van der Waals surface area (Å²) in [4.78, 5) is 24.4. The predicted molar refractivity (Wildman–Crippen MR) is 87.7 cm³/mol. The van der Waals surface area contributed by atoms with Crippen LogP contribution in [0.1, 0.15) is 22.8 Å². The maximum atomic E-state index is 12.2. The van der Waals surface area contributed by atoms with Crippen molar-refractivity contribution in [2.75, 3.05) is 12.4 Å². The van der Waals surface area contributed by atoms with Crippen molar-refractivity contribution in [3.05, 3.63) is 59.7 Å². The highest BCUT2D eigenvalue weighted by Crippen LogP contribution is 2.19. The van der Waals surface area contributed by atoms with Gasteiger partial charge in [-0.05, 0) is 31.2 Å². The first-order chi connectivity index (χ1) is 11.6. The van der Waals surface area contributed by atoms with Crippen molar-refractivity contribution >= 4 is 17.6 Å². The number of amides is 1. The summed E-state index contributed by atoms with van der Waals surface area (Å²) in [5.41, 5.74) is 0.927. The number of nitriles is 1. The molecule has 0 aromatic heterocycles. The Balaban J connectivity index is 2.06. The Morgan fingerprint density at radius 1 is 1.12 bits per heavy atom. The fourth-order valence-corrected chi connectivity index (χ4v) is 2.01. The Morgan fingerprint density at radius 2 is 1.79 bits per heavy atom. The molecule has 0 bridgehead atoms. The molecule has 0 saturated heterocycles. The SMILES string of the molecule is COc1ccccc1C(=O)O[C@@H](C)C(=O)Nc1ccccc1C#N. The second-order valence-corrected chi connectivity index (χ2v) is 4.89. The highest BCUT2D eigenvalue weighted by atomic mass is 16.5. The lowest BCUT2D eigenvalue weighted by molar-refractivity contribution is -0.123. The third-order valence-electron chi connectivity index (χ3n) is 3.29. The Morgan fingerprint density at radius 3 is 2.50 bits per heavy atom. The van der Waals surface area contributed by atoms with Gasteiger partial charge >= 0.3 is 5.97 Å². The van der Waals surface area contributed by atoms with E-state index in [9.17, 15) is 9.59 Å². The van der Waals surface area contributed by atoms with Crippen LogP contribution in [-0.2, 0) is 9.53 Å². The zero-order chi connectivity index (χ0) is 17.5. The Kier molecular flexibility index (Phi) is 5.53. The van der Waals surface area contributed by atoms with Gasteiger partial charge in [-0.3, -0.25) is 4.79 Å². The highest BCUT2D eigenvalue weighted by molar-refractivity contribution is 5.98. The van der Waals surface area contributed by atoms with Crippen LogP contribution in [0.2, 0.25) is 0 Å². The number of carbonyl (C=O) groups excluding carboxylic acids is 2. The molecule has 0 aliphatic rings. The van der Waals surface area contributed by atoms with Crippen LogP contribution in [0.3, 0.4) is 0 Å². The van der Waals surface area contributed by atoms with Gasteiger partial charge in [0.2, 0.25) is 0 Å². The number of methoxy groups -OCH3 is 1. The van der Waals surface area contributed by atoms with E-state index in [1.54, 1.807) is 48.5 Å². The van der Waals surface area contributed by atoms with E-state index >= 15 is 0 Å². The molecule has 0 radical (unpaired) electrons. The first kappa shape index (κ1) is 17.0. The summed E-state index contributed by atoms with van der Waals surface area (Å²) in [5.74, 6) is -0.824. The van der Waals surface area contributed by atoms with Crippen LogP contribution in [0.5, 0.6) is 5.75 Å². The van der Waals surface area contributed by atoms with Crippen LogP contribution in [0, 0.1) is 11.3 Å². The van der Waals surface area contributed by atoms with Crippen molar-refractivity contribution in [1.29, 1.82) is 5.26 Å². The molecule has 0 unspecified atom stereocenters. The molecule has 2 aromatic rings. The standard InChI is InChI=1S/C18H16N2O4/c1-12(17(21)20-15-9-5-3-7-13(15)11-19)24-18(22)14-8-4-6-10-16(14)23-2/h3-10,12H,1-2H3,(H,20,21)/t12-/m0/s1. The normalized spacial score (nSPS) is 11.0. The van der Waals surface area contributed by atoms with E-state index < -0.39 is 18.0 Å². The number of carbonyl (C=O) groups is 2. The predicted octanol–water partition coefficient (Wildman–Crippen LogP) is 2.75. The fraction of sp³-hybridized carbons (Fsp3) is 0.167. The number of anilines is 1. The van der Waals surface area contributed by atoms with E-state index in [1.165, 1.54) is 14.0 Å². The van der Waals surface area contributed by atoms with Crippen molar-refractivity contribution < 1.29 is 19.1 Å². The lowest BCUT2D eigenvalue weighted by atomic mass is 10.2. The van der Waals surface area contributed by atoms with E-state index in [0.29, 0.717) is 17.0 Å². The summed E-state index contributed by atoms with van der Waals surface area (Å²) in [5, 5.41) is 11.6. The lowest BCUT2D eigenvalue weighted by Crippen LogP contribution is -2.30. The third-order valence-corrected chi connectivity index (χ3v) is 3.29. The zero-order valence-corrected chi connectivity index (χ0v) is 13.3. The molecule has 0 spiro atoms. The Bertz CT molecular complexity index is 796. The van der Waals surface area contributed by atoms with Crippen LogP contribution in [0.25, 0.3) is 0 Å². The average molecular weight is 324 g/mol. The quantitative estimate of drug-likeness (QED) is 0.854. The summed E-state index contributed by atoms with van der Waals surface area (Å²) >= 11 is 0. The maximum absolute atomic E-state index is 12.2. The first-order valence-electron chi connectivity index (χ1n) is 7.20. The number of nitrogens with one attached hydrogen (secondary N) is 1. The minimum Gasteiger partial charge on any atom is -0.496 e. The van der Waals surface area contributed by atoms with Gasteiger partial charge in [-0.2, -0.15) is 5.26 Å². The number of hydrogen-bond donors (Lipinski definition) is 1. The second kappa shape index (κ2) is 7.79. The van der Waals surface area contributed by atoms with Crippen LogP contribution in [-0.4, -0.2) is 25.1 Å². The van der Waals surface area contributed by atoms with E-state index in [-0.39, 0.29) is 5.56 Å². The molecule has 0 saturated carbocycles. The van der Waals surface area contributed by atoms with Crippen molar-refractivity contribution in [3.63, 3.8) is 0 Å². The monoisotopic (exact) mass is 324 g/mol. The lowest BCUT2D eigenvalue weighted by Gasteiger charge is -2.15. The van der Waals surface area contributed by atoms with Crippen molar-refractivity contribution in [2.24, 2.45) is 0 Å². The minimum absolute atomic E-state index is 0.233. The van der Waals surface area contributed by atoms with Gasteiger partial charge in [0.25, 0.3) is 5.91 Å². The summed E-state index contributed by atoms with van der Waals surface area (Å²) in [6.45, 7) is 1.46. The minimum atomic E-state index is -1.03. The number of nitrogens with zero attached hydrogens (tertiary/aromatic N) is 1. The summed E-state index contributed by atoms with van der Waals surface area (Å²) < 4.78 is 10.3. The molecule has 0 heterocycles. The molecule has 0 aliphatic heterocycles. The van der Waals surface area contributed by atoms with Gasteiger partial charge in [-0.25, -0.2) is 4.79 Å². The summed E-state index contributed by atoms with van der Waals surface area (Å²) in [6, 6.07) is 15.1. The molecule has 1 atom stereocenters. The van der Waals surface area contributed by atoms with Crippen LogP contribution in [0.4, 0.5) is 5.69 Å². The molecule has 1 N–H and O–H groups in total. The average Bonchev–Trinajstić information content (AvgIpc) is 2.61. The number of benzene rings is 2. The van der Waals surface area contributed by atoms with Gasteiger partial charge in [0.05, 0.1) is 18.4 Å². The van der Waals surface area contributed by atoms with Crippen molar-refractivity contribution in [2.45, 2.75) is 13.0 Å². The van der Waals surface area contributed by atoms with Crippen molar-refractivity contribution in [1.82, 2.24) is 0 Å². The number of ether oxygens (including phenoxy) is 2. The first-order valence-corrected chi connectivity index (χ1v) is 7.20. The number of rotatable bonds is 5. The van der Waals surface area contributed by atoms with Gasteiger partial charge in [0, 0.05) is 0 Å². The molecule has 122 valence electrons. The van der Waals surface area contributed by atoms with E-state index in [2.05, 4.69) is 5.32 Å². The molecule has 2 rings (SSSR count). The maximum Gasteiger partial charge on any atom is 0.342 e. The van der Waals surface area contributed by atoms with Crippen LogP contribution >= 0.6 is 0 Å². The summed E-state index contributed by atoms with van der Waals surface area (Å²) in [7, 11) is 1.45. The molecule has 6 nitrogen and oxygen atoms in total. The second-order valence-electron chi connectivity index (χ2n) is 4.89. The molecule has 0 aliphatic carbocycles. The van der Waals surface area contributed by atoms with E-state index in [0.717, 1.165) is 0 Å². The van der Waals surface area contributed by atoms with Gasteiger partial charge in [-0.15, -0.1) is 0 Å². The van der Waals surface area contributed by atoms with Gasteiger partial charge in [0.15, 0.2) is 6.10 Å². The number of para-hydroxylation sites is 2. The van der Waals surface area contributed by atoms with Gasteiger partial charge in [0.1, 0.15) is 17.4 Å². The van der Waals surface area contributed by atoms with E-state index in [4.69, 9.17) is 14.7 Å². The van der Waals surface area contributed by atoms with E-state index in [1.807, 2.05) is 6.07 Å². The molecule has 0 fully saturated rings. The molecule has 2 aromatic carbocycles. The third kappa shape index (κ3) is 3.90.